The summed E-state index contributed by atoms with van der Waals surface area (Å²) < 4.78 is 13.0. The van der Waals surface area contributed by atoms with Gasteiger partial charge >= 0.3 is 11.9 Å². The fourth-order valence-corrected chi connectivity index (χ4v) is 11.9. The average Bonchev–Trinajstić information content (AvgIpc) is 4.00. The van der Waals surface area contributed by atoms with Crippen molar-refractivity contribution in [1.82, 2.24) is 10.2 Å². The number of rotatable bonds is 12. The lowest BCUT2D eigenvalue weighted by atomic mass is 9.75. The molecule has 1 heterocycles. The SMILES string of the molecule is CC(C)(C)OC(=O)[C@H](C[C@H](Cc1ccccc1)[C@H]1CC[C@@H](C(=O)OC(C)(C)C)N1C1(c2ccccc2)c2ccccc2-c2ccccc21)NC1(c2ccccc2)c2ccccc2-c2ccccc21. The Morgan fingerprint density at radius 1 is 0.544 bits per heavy atom. The van der Waals surface area contributed by atoms with Crippen molar-refractivity contribution in [3.63, 3.8) is 0 Å². The predicted molar refractivity (Wildman–Crippen MR) is 272 cm³/mol. The molecule has 1 fully saturated rings. The summed E-state index contributed by atoms with van der Waals surface area (Å²) in [6.07, 6.45) is 2.36. The van der Waals surface area contributed by atoms with Crippen LogP contribution in [0.1, 0.15) is 99.7 Å². The molecule has 1 N–H and O–H groups in total. The lowest BCUT2D eigenvalue weighted by Gasteiger charge is -2.49. The van der Waals surface area contributed by atoms with E-state index in [0.717, 1.165) is 61.2 Å². The maximum atomic E-state index is 15.5. The molecule has 3 aliphatic rings. The van der Waals surface area contributed by atoms with Crippen molar-refractivity contribution in [2.75, 3.05) is 0 Å². The Balaban J connectivity index is 1.20. The van der Waals surface area contributed by atoms with Crippen LogP contribution in [0.25, 0.3) is 22.3 Å². The Morgan fingerprint density at radius 2 is 0.971 bits per heavy atom. The molecule has 7 aromatic rings. The van der Waals surface area contributed by atoms with Crippen molar-refractivity contribution in [2.24, 2.45) is 5.92 Å². The molecule has 0 bridgehead atoms. The number of benzene rings is 7. The quantitative estimate of drug-likeness (QED) is 0.123. The molecule has 1 saturated heterocycles. The van der Waals surface area contributed by atoms with Gasteiger partial charge in [0.1, 0.15) is 23.3 Å². The average molecular weight is 899 g/mol. The lowest BCUT2D eigenvalue weighted by molar-refractivity contribution is -0.164. The van der Waals surface area contributed by atoms with Gasteiger partial charge in [-0.05, 0) is 134 Å². The number of hydrogen-bond donors (Lipinski definition) is 1. The monoisotopic (exact) mass is 898 g/mol. The van der Waals surface area contributed by atoms with Crippen LogP contribution in [0.2, 0.25) is 0 Å². The number of likely N-dealkylation sites (tertiary alicyclic amines) is 1. The summed E-state index contributed by atoms with van der Waals surface area (Å²) in [5.41, 5.74) is 9.07. The number of esters is 2. The lowest BCUT2D eigenvalue weighted by Crippen LogP contribution is -2.59. The molecule has 0 amide bonds. The van der Waals surface area contributed by atoms with Crippen molar-refractivity contribution < 1.29 is 19.1 Å². The van der Waals surface area contributed by atoms with E-state index in [-0.39, 0.29) is 23.9 Å². The van der Waals surface area contributed by atoms with Gasteiger partial charge in [0.15, 0.2) is 0 Å². The van der Waals surface area contributed by atoms with Crippen molar-refractivity contribution >= 4 is 11.9 Å². The van der Waals surface area contributed by atoms with E-state index in [1.807, 2.05) is 47.6 Å². The van der Waals surface area contributed by atoms with Gasteiger partial charge in [-0.3, -0.25) is 19.8 Å². The molecule has 68 heavy (non-hydrogen) atoms. The summed E-state index contributed by atoms with van der Waals surface area (Å²) in [4.78, 5) is 33.1. The van der Waals surface area contributed by atoms with Crippen molar-refractivity contribution in [3.8, 4) is 22.3 Å². The minimum atomic E-state index is -0.893. The number of nitrogens with zero attached hydrogens (tertiary/aromatic N) is 1. The highest BCUT2D eigenvalue weighted by Crippen LogP contribution is 2.59. The van der Waals surface area contributed by atoms with E-state index in [4.69, 9.17) is 9.47 Å². The van der Waals surface area contributed by atoms with Crippen LogP contribution in [-0.4, -0.2) is 46.2 Å². The van der Waals surface area contributed by atoms with Gasteiger partial charge in [0, 0.05) is 6.04 Å². The third-order valence-electron chi connectivity index (χ3n) is 14.3. The Kier molecular flexibility index (Phi) is 11.8. The first-order valence-corrected chi connectivity index (χ1v) is 24.4. The molecular formula is C62H62N2O4. The first kappa shape index (κ1) is 45.2. The van der Waals surface area contributed by atoms with Crippen LogP contribution < -0.4 is 5.32 Å². The van der Waals surface area contributed by atoms with E-state index >= 15 is 9.59 Å². The molecule has 0 unspecified atom stereocenters. The van der Waals surface area contributed by atoms with Crippen LogP contribution in [0, 0.1) is 5.92 Å². The minimum Gasteiger partial charge on any atom is -0.459 e. The third kappa shape index (κ3) is 7.97. The van der Waals surface area contributed by atoms with Gasteiger partial charge in [0.25, 0.3) is 0 Å². The number of carbonyl (C=O) groups is 2. The second-order valence-electron chi connectivity index (χ2n) is 20.9. The molecule has 0 spiro atoms. The fourth-order valence-electron chi connectivity index (χ4n) is 11.9. The van der Waals surface area contributed by atoms with Gasteiger partial charge in [-0.2, -0.15) is 0 Å². The van der Waals surface area contributed by atoms with Gasteiger partial charge in [-0.15, -0.1) is 0 Å². The van der Waals surface area contributed by atoms with E-state index in [1.165, 1.54) is 0 Å². The summed E-state index contributed by atoms with van der Waals surface area (Å²) >= 11 is 0. The molecule has 2 aliphatic carbocycles. The maximum Gasteiger partial charge on any atom is 0.323 e. The summed E-state index contributed by atoms with van der Waals surface area (Å²) in [5.74, 6) is -0.718. The Morgan fingerprint density at radius 3 is 1.47 bits per heavy atom. The topological polar surface area (TPSA) is 67.9 Å². The molecule has 6 heteroatoms. The Bertz CT molecular complexity index is 2840. The van der Waals surface area contributed by atoms with Gasteiger partial charge in [-0.1, -0.05) is 188 Å². The molecule has 7 aromatic carbocycles. The second kappa shape index (κ2) is 17.8. The standard InChI is InChI=1S/C62H62N2O4/c1-59(2,3)67-57(65)54(63-61(44-26-12-8-13-27-44)50-34-20-16-30-46(50)47-31-17-21-35-51(47)61)41-43(40-42-24-10-7-11-25-42)55-38-39-56(58(66)68-60(4,5)6)64(55)62(45-28-14-9-15-29-45)52-36-22-18-32-48(52)49-33-19-23-37-53(49)62/h7-37,43,54-56,63H,38-41H2,1-6H3/t43-,54-,55+,56-/m0/s1. The van der Waals surface area contributed by atoms with E-state index in [9.17, 15) is 0 Å². The summed E-state index contributed by atoms with van der Waals surface area (Å²) in [7, 11) is 0. The zero-order valence-corrected chi connectivity index (χ0v) is 40.1. The molecule has 4 atom stereocenters. The molecular weight excluding hydrogens is 837 g/mol. The highest BCUT2D eigenvalue weighted by molar-refractivity contribution is 5.86. The first-order chi connectivity index (χ1) is 32.8. The van der Waals surface area contributed by atoms with Crippen LogP contribution in [0.3, 0.4) is 0 Å². The molecule has 344 valence electrons. The van der Waals surface area contributed by atoms with E-state index in [2.05, 4.69) is 192 Å². The molecule has 1 aliphatic heterocycles. The molecule has 0 aromatic heterocycles. The van der Waals surface area contributed by atoms with E-state index in [0.29, 0.717) is 25.7 Å². The van der Waals surface area contributed by atoms with E-state index in [1.54, 1.807) is 0 Å². The predicted octanol–water partition coefficient (Wildman–Crippen LogP) is 12.7. The highest BCUT2D eigenvalue weighted by atomic mass is 16.6. The van der Waals surface area contributed by atoms with Crippen molar-refractivity contribution in [3.05, 3.63) is 227 Å². The molecule has 0 radical (unpaired) electrons. The second-order valence-corrected chi connectivity index (χ2v) is 20.9. The number of hydrogen-bond acceptors (Lipinski definition) is 6. The summed E-state index contributed by atoms with van der Waals surface area (Å²) in [6.45, 7) is 11.7. The van der Waals surface area contributed by atoms with E-state index < -0.39 is 34.4 Å². The highest BCUT2D eigenvalue weighted by Gasteiger charge is 2.59. The molecule has 6 nitrogen and oxygen atoms in total. The third-order valence-corrected chi connectivity index (χ3v) is 14.3. The number of nitrogens with one attached hydrogen (secondary N) is 1. The van der Waals surface area contributed by atoms with Gasteiger partial charge in [-0.25, -0.2) is 0 Å². The van der Waals surface area contributed by atoms with Gasteiger partial charge in [0.05, 0.1) is 11.1 Å². The minimum absolute atomic E-state index is 0.171. The normalized spacial score (nSPS) is 18.7. The van der Waals surface area contributed by atoms with Crippen LogP contribution >= 0.6 is 0 Å². The zero-order chi connectivity index (χ0) is 47.3. The van der Waals surface area contributed by atoms with Crippen LogP contribution in [0.15, 0.2) is 188 Å². The fraction of sp³-hybridized carbons (Fsp3) is 0.290. The Hall–Kier alpha value is -6.60. The smallest absolute Gasteiger partial charge is 0.323 e. The van der Waals surface area contributed by atoms with Crippen molar-refractivity contribution in [2.45, 2.75) is 108 Å². The Labute approximate surface area is 402 Å². The summed E-state index contributed by atoms with van der Waals surface area (Å²) in [5, 5.41) is 4.16. The van der Waals surface area contributed by atoms with Crippen molar-refractivity contribution in [1.29, 1.82) is 0 Å². The van der Waals surface area contributed by atoms with Gasteiger partial charge in [0.2, 0.25) is 0 Å². The van der Waals surface area contributed by atoms with Gasteiger partial charge < -0.3 is 9.47 Å². The first-order valence-electron chi connectivity index (χ1n) is 24.4. The number of fused-ring (bicyclic) bond motifs is 6. The zero-order valence-electron chi connectivity index (χ0n) is 40.1. The largest absolute Gasteiger partial charge is 0.459 e. The summed E-state index contributed by atoms with van der Waals surface area (Å²) in [6, 6.07) is 64.8. The number of carbonyl (C=O) groups excluding carboxylic acids is 2. The number of ether oxygens (including phenoxy) is 2. The molecule has 10 rings (SSSR count). The molecule has 0 saturated carbocycles. The van der Waals surface area contributed by atoms with Crippen LogP contribution in [0.5, 0.6) is 0 Å². The van der Waals surface area contributed by atoms with Crippen LogP contribution in [0.4, 0.5) is 0 Å². The van der Waals surface area contributed by atoms with Crippen LogP contribution in [-0.2, 0) is 36.6 Å². The maximum absolute atomic E-state index is 15.5.